The molecule has 1 saturated carbocycles. The molecule has 5 nitrogen and oxygen atoms in total. The number of aromatic nitrogens is 2. The van der Waals surface area contributed by atoms with Crippen molar-refractivity contribution in [2.75, 3.05) is 12.4 Å². The molecule has 16 heavy (non-hydrogen) atoms. The fourth-order valence-electron chi connectivity index (χ4n) is 1.08. The Morgan fingerprint density at radius 3 is 3.00 bits per heavy atom. The average Bonchev–Trinajstić information content (AvgIpc) is 2.97. The molecule has 7 heteroatoms. The van der Waals surface area contributed by atoms with Crippen molar-refractivity contribution in [2.24, 2.45) is 0 Å². The van der Waals surface area contributed by atoms with Crippen LogP contribution in [0.3, 0.4) is 0 Å². The minimum Gasteiger partial charge on any atom is -0.468 e. The van der Waals surface area contributed by atoms with Gasteiger partial charge in [0.1, 0.15) is 5.25 Å². The zero-order valence-corrected chi connectivity index (χ0v) is 10.7. The molecule has 1 aromatic rings. The third-order valence-electron chi connectivity index (χ3n) is 2.12. The standard InChI is InChI=1S/C9H13N3O2S2/c1-5(7(13)14-2)15-9-12-11-8(16-9)10-6-3-4-6/h5-6H,3-4H2,1-2H3,(H,10,11)/t5-/m0/s1. The highest BCUT2D eigenvalue weighted by molar-refractivity contribution is 8.02. The molecule has 0 saturated heterocycles. The Balaban J connectivity index is 1.88. The third kappa shape index (κ3) is 3.08. The molecule has 1 heterocycles. The lowest BCUT2D eigenvalue weighted by Crippen LogP contribution is -2.14. The number of methoxy groups -OCH3 is 1. The normalized spacial score (nSPS) is 16.9. The zero-order chi connectivity index (χ0) is 11.5. The molecule has 88 valence electrons. The van der Waals surface area contributed by atoms with Crippen molar-refractivity contribution >= 4 is 34.2 Å². The molecule has 0 radical (unpaired) electrons. The van der Waals surface area contributed by atoms with Crippen LogP contribution in [0.15, 0.2) is 4.34 Å². The molecule has 1 aromatic heterocycles. The van der Waals surface area contributed by atoms with Crippen LogP contribution in [0.4, 0.5) is 5.13 Å². The van der Waals surface area contributed by atoms with Crippen molar-refractivity contribution in [3.8, 4) is 0 Å². The molecule has 0 bridgehead atoms. The molecule has 1 aliphatic rings. The maximum absolute atomic E-state index is 11.2. The maximum atomic E-state index is 11.2. The molecule has 0 amide bonds. The van der Waals surface area contributed by atoms with Crippen LogP contribution in [-0.2, 0) is 9.53 Å². The van der Waals surface area contributed by atoms with Crippen molar-refractivity contribution in [2.45, 2.75) is 35.4 Å². The summed E-state index contributed by atoms with van der Waals surface area (Å²) in [5, 5.41) is 11.9. The van der Waals surface area contributed by atoms with Gasteiger partial charge in [-0.2, -0.15) is 0 Å². The highest BCUT2D eigenvalue weighted by Crippen LogP contribution is 2.32. The van der Waals surface area contributed by atoms with Gasteiger partial charge in [0.25, 0.3) is 0 Å². The Hall–Kier alpha value is -0.820. The van der Waals surface area contributed by atoms with Gasteiger partial charge >= 0.3 is 5.97 Å². The van der Waals surface area contributed by atoms with Gasteiger partial charge in [-0.3, -0.25) is 4.79 Å². The number of carbonyl (C=O) groups excluding carboxylic acids is 1. The molecule has 0 spiro atoms. The summed E-state index contributed by atoms with van der Waals surface area (Å²) in [5.41, 5.74) is 0. The van der Waals surface area contributed by atoms with Crippen molar-refractivity contribution in [1.29, 1.82) is 0 Å². The molecule has 2 rings (SSSR count). The van der Waals surface area contributed by atoms with Gasteiger partial charge in [0, 0.05) is 6.04 Å². The number of hydrogen-bond donors (Lipinski definition) is 1. The number of nitrogens with one attached hydrogen (secondary N) is 1. The summed E-state index contributed by atoms with van der Waals surface area (Å²) in [6.07, 6.45) is 2.42. The van der Waals surface area contributed by atoms with Crippen LogP contribution in [0.1, 0.15) is 19.8 Å². The average molecular weight is 259 g/mol. The number of anilines is 1. The number of thioether (sulfide) groups is 1. The van der Waals surface area contributed by atoms with Crippen molar-refractivity contribution in [1.82, 2.24) is 10.2 Å². The molecule has 0 aromatic carbocycles. The van der Waals surface area contributed by atoms with Crippen LogP contribution in [0.2, 0.25) is 0 Å². The minimum atomic E-state index is -0.244. The van der Waals surface area contributed by atoms with Gasteiger partial charge in [0.2, 0.25) is 5.13 Å². The number of ether oxygens (including phenoxy) is 1. The second-order valence-corrected chi connectivity index (χ2v) is 6.14. The van der Waals surface area contributed by atoms with Gasteiger partial charge < -0.3 is 10.1 Å². The van der Waals surface area contributed by atoms with E-state index in [0.717, 1.165) is 9.47 Å². The third-order valence-corrected chi connectivity index (χ3v) is 4.14. The van der Waals surface area contributed by atoms with Crippen LogP contribution in [0.25, 0.3) is 0 Å². The van der Waals surface area contributed by atoms with Gasteiger partial charge in [-0.15, -0.1) is 10.2 Å². The largest absolute Gasteiger partial charge is 0.468 e. The lowest BCUT2D eigenvalue weighted by molar-refractivity contribution is -0.139. The summed E-state index contributed by atoms with van der Waals surface area (Å²) in [6.45, 7) is 1.80. The molecule has 0 unspecified atom stereocenters. The summed E-state index contributed by atoms with van der Waals surface area (Å²) in [4.78, 5) is 11.2. The predicted molar refractivity (Wildman–Crippen MR) is 63.9 cm³/mol. The molecule has 0 aliphatic heterocycles. The van der Waals surface area contributed by atoms with Gasteiger partial charge in [-0.1, -0.05) is 23.1 Å². The number of carbonyl (C=O) groups is 1. The maximum Gasteiger partial charge on any atom is 0.318 e. The van der Waals surface area contributed by atoms with Crippen molar-refractivity contribution in [3.05, 3.63) is 0 Å². The van der Waals surface area contributed by atoms with Gasteiger partial charge in [0.15, 0.2) is 4.34 Å². The van der Waals surface area contributed by atoms with Crippen LogP contribution in [0.5, 0.6) is 0 Å². The number of nitrogens with zero attached hydrogens (tertiary/aromatic N) is 2. The smallest absolute Gasteiger partial charge is 0.318 e. The van der Waals surface area contributed by atoms with E-state index in [1.807, 2.05) is 0 Å². The van der Waals surface area contributed by atoms with E-state index < -0.39 is 0 Å². The Labute approximate surface area is 102 Å². The molecule has 1 fully saturated rings. The highest BCUT2D eigenvalue weighted by atomic mass is 32.2. The zero-order valence-electron chi connectivity index (χ0n) is 9.10. The van der Waals surface area contributed by atoms with E-state index in [-0.39, 0.29) is 11.2 Å². The lowest BCUT2D eigenvalue weighted by atomic mass is 10.5. The molecule has 1 N–H and O–H groups in total. The molecule has 1 atom stereocenters. The SMILES string of the molecule is COC(=O)[C@H](C)Sc1nnc(NC2CC2)s1. The lowest BCUT2D eigenvalue weighted by Gasteiger charge is -2.04. The summed E-state index contributed by atoms with van der Waals surface area (Å²) >= 11 is 2.85. The Kier molecular flexibility index (Phi) is 3.65. The topological polar surface area (TPSA) is 64.1 Å². The summed E-state index contributed by atoms with van der Waals surface area (Å²) in [5.74, 6) is -0.239. The first-order valence-electron chi connectivity index (χ1n) is 5.03. The van der Waals surface area contributed by atoms with Gasteiger partial charge in [-0.25, -0.2) is 0 Å². The predicted octanol–water partition coefficient (Wildman–Crippen LogP) is 1.77. The number of esters is 1. The number of rotatable bonds is 5. The summed E-state index contributed by atoms with van der Waals surface area (Å²) in [7, 11) is 1.39. The van der Waals surface area contributed by atoms with Crippen LogP contribution < -0.4 is 5.32 Å². The first-order valence-corrected chi connectivity index (χ1v) is 6.73. The number of hydrogen-bond acceptors (Lipinski definition) is 7. The van der Waals surface area contributed by atoms with Gasteiger partial charge in [0.05, 0.1) is 7.11 Å². The molecular weight excluding hydrogens is 246 g/mol. The van der Waals surface area contributed by atoms with Crippen LogP contribution in [0, 0.1) is 0 Å². The van der Waals surface area contributed by atoms with E-state index in [1.165, 1.54) is 43.1 Å². The van der Waals surface area contributed by atoms with E-state index in [4.69, 9.17) is 0 Å². The van der Waals surface area contributed by atoms with Crippen molar-refractivity contribution < 1.29 is 9.53 Å². The van der Waals surface area contributed by atoms with E-state index in [2.05, 4.69) is 20.3 Å². The highest BCUT2D eigenvalue weighted by Gasteiger charge is 2.23. The summed E-state index contributed by atoms with van der Waals surface area (Å²) in [6, 6.07) is 0.573. The van der Waals surface area contributed by atoms with Crippen LogP contribution in [-0.4, -0.2) is 34.6 Å². The first kappa shape index (κ1) is 11.7. The quantitative estimate of drug-likeness (QED) is 0.642. The van der Waals surface area contributed by atoms with E-state index in [1.54, 1.807) is 6.92 Å². The first-order chi connectivity index (χ1) is 7.69. The molecule has 1 aliphatic carbocycles. The summed E-state index contributed by atoms with van der Waals surface area (Å²) < 4.78 is 5.44. The minimum absolute atomic E-state index is 0.239. The van der Waals surface area contributed by atoms with E-state index >= 15 is 0 Å². The Bertz CT molecular complexity index is 379. The van der Waals surface area contributed by atoms with E-state index in [9.17, 15) is 4.79 Å². The second kappa shape index (κ2) is 5.01. The molecular formula is C9H13N3O2S2. The Morgan fingerprint density at radius 1 is 1.62 bits per heavy atom. The van der Waals surface area contributed by atoms with Crippen LogP contribution >= 0.6 is 23.1 Å². The van der Waals surface area contributed by atoms with Gasteiger partial charge in [-0.05, 0) is 19.8 Å². The second-order valence-electron chi connectivity index (χ2n) is 3.57. The fourth-order valence-corrected chi connectivity index (χ4v) is 3.08. The van der Waals surface area contributed by atoms with Crippen molar-refractivity contribution in [3.63, 3.8) is 0 Å². The monoisotopic (exact) mass is 259 g/mol. The van der Waals surface area contributed by atoms with E-state index in [0.29, 0.717) is 6.04 Å². The Morgan fingerprint density at radius 2 is 2.38 bits per heavy atom. The fraction of sp³-hybridized carbons (Fsp3) is 0.667.